The number of hydrogen-bond donors (Lipinski definition) is 3. The van der Waals surface area contributed by atoms with E-state index in [1.54, 1.807) is 36.4 Å². The molecule has 1 heterocycles. The predicted octanol–water partition coefficient (Wildman–Crippen LogP) is 5.83. The molecule has 0 aromatic heterocycles. The van der Waals surface area contributed by atoms with E-state index in [9.17, 15) is 9.59 Å². The highest BCUT2D eigenvalue weighted by Crippen LogP contribution is 2.30. The van der Waals surface area contributed by atoms with Crippen molar-refractivity contribution in [3.63, 3.8) is 0 Å². The van der Waals surface area contributed by atoms with Gasteiger partial charge in [-0.15, -0.1) is 0 Å². The summed E-state index contributed by atoms with van der Waals surface area (Å²) in [4.78, 5) is 31.5. The van der Waals surface area contributed by atoms with Crippen LogP contribution in [0.15, 0.2) is 91.0 Å². The van der Waals surface area contributed by atoms with Crippen LogP contribution in [0, 0.1) is 5.41 Å². The number of nitrogens with two attached hydrogens (primary N) is 1. The maximum Gasteiger partial charge on any atom is 0.258 e. The summed E-state index contributed by atoms with van der Waals surface area (Å²) in [6.07, 6.45) is 1.61. The molecule has 1 saturated heterocycles. The number of amides is 2. The molecule has 0 saturated carbocycles. The van der Waals surface area contributed by atoms with Gasteiger partial charge in [0.1, 0.15) is 11.5 Å². The largest absolute Gasteiger partial charge is 0.457 e. The molecule has 2 atom stereocenters. The maximum absolute atomic E-state index is 14.1. The summed E-state index contributed by atoms with van der Waals surface area (Å²) < 4.78 is 6.10. The monoisotopic (exact) mass is 597 g/mol. The fourth-order valence-corrected chi connectivity index (χ4v) is 5.71. The zero-order valence-electron chi connectivity index (χ0n) is 24.1. The first-order valence-electron chi connectivity index (χ1n) is 14.5. The van der Waals surface area contributed by atoms with Gasteiger partial charge in [0.15, 0.2) is 5.96 Å². The van der Waals surface area contributed by atoms with Gasteiger partial charge in [-0.2, -0.15) is 0 Å². The normalized spacial score (nSPS) is 16.6. The van der Waals surface area contributed by atoms with E-state index in [4.69, 9.17) is 27.5 Å². The molecular formula is C34H36ClN5O3. The Morgan fingerprint density at radius 1 is 0.953 bits per heavy atom. The fraction of sp³-hybridized carbons (Fsp3) is 0.265. The van der Waals surface area contributed by atoms with Crippen molar-refractivity contribution in [2.45, 2.75) is 38.3 Å². The molecule has 4 aromatic rings. The van der Waals surface area contributed by atoms with Crippen molar-refractivity contribution < 1.29 is 14.3 Å². The van der Waals surface area contributed by atoms with Crippen LogP contribution in [0.5, 0.6) is 11.5 Å². The quantitative estimate of drug-likeness (QED) is 0.128. The molecule has 0 radical (unpaired) electrons. The van der Waals surface area contributed by atoms with E-state index >= 15 is 0 Å². The number of hydrogen-bond acceptors (Lipinski definition) is 4. The van der Waals surface area contributed by atoms with Crippen molar-refractivity contribution >= 4 is 40.1 Å². The Labute approximate surface area is 256 Å². The minimum atomic E-state index is -0.221. The van der Waals surface area contributed by atoms with Crippen LogP contribution in [0.4, 0.5) is 0 Å². The number of guanidine groups is 1. The summed E-state index contributed by atoms with van der Waals surface area (Å²) in [5, 5.41) is 13.1. The second kappa shape index (κ2) is 13.6. The van der Waals surface area contributed by atoms with E-state index < -0.39 is 0 Å². The number of fused-ring (bicyclic) bond motifs is 1. The number of carbonyl (C=O) groups is 2. The molecule has 0 aliphatic carbocycles. The molecule has 9 heteroatoms. The van der Waals surface area contributed by atoms with E-state index in [-0.39, 0.29) is 29.9 Å². The Bertz CT molecular complexity index is 1610. The third-order valence-electron chi connectivity index (χ3n) is 7.78. The van der Waals surface area contributed by atoms with Crippen molar-refractivity contribution in [1.29, 1.82) is 5.41 Å². The smallest absolute Gasteiger partial charge is 0.258 e. The molecule has 1 aliphatic heterocycles. The van der Waals surface area contributed by atoms with E-state index in [0.717, 1.165) is 16.3 Å². The van der Waals surface area contributed by atoms with Crippen LogP contribution in [0.3, 0.4) is 0 Å². The topological polar surface area (TPSA) is 112 Å². The number of nitrogens with zero attached hydrogens (tertiary/aromatic N) is 2. The molecular weight excluding hydrogens is 562 g/mol. The number of benzene rings is 4. The minimum Gasteiger partial charge on any atom is -0.457 e. The van der Waals surface area contributed by atoms with E-state index in [1.807, 2.05) is 53.1 Å². The summed E-state index contributed by atoms with van der Waals surface area (Å²) in [6, 6.07) is 28.0. The lowest BCUT2D eigenvalue weighted by atomic mass is 9.99. The molecule has 222 valence electrons. The Hall–Kier alpha value is -4.56. The van der Waals surface area contributed by atoms with Crippen LogP contribution >= 0.6 is 11.6 Å². The van der Waals surface area contributed by atoms with E-state index in [0.29, 0.717) is 61.0 Å². The molecule has 0 unspecified atom stereocenters. The summed E-state index contributed by atoms with van der Waals surface area (Å²) in [5.41, 5.74) is 6.89. The first-order valence-corrected chi connectivity index (χ1v) is 14.8. The lowest BCUT2D eigenvalue weighted by Crippen LogP contribution is -2.60. The zero-order chi connectivity index (χ0) is 30.3. The third kappa shape index (κ3) is 7.45. The van der Waals surface area contributed by atoms with Gasteiger partial charge in [0, 0.05) is 36.7 Å². The Morgan fingerprint density at radius 2 is 1.67 bits per heavy atom. The molecule has 1 fully saturated rings. The highest BCUT2D eigenvalue weighted by molar-refractivity contribution is 6.30. The Balaban J connectivity index is 1.35. The number of nitrogens with one attached hydrogen (secondary N) is 2. The molecule has 0 bridgehead atoms. The van der Waals surface area contributed by atoms with Gasteiger partial charge in [0.2, 0.25) is 5.91 Å². The summed E-state index contributed by atoms with van der Waals surface area (Å²) in [7, 11) is 0. The molecule has 4 aromatic carbocycles. The minimum absolute atomic E-state index is 0.0354. The Kier molecular flexibility index (Phi) is 9.47. The number of piperazine rings is 1. The van der Waals surface area contributed by atoms with Crippen LogP contribution in [0.25, 0.3) is 10.8 Å². The van der Waals surface area contributed by atoms with Crippen molar-refractivity contribution in [3.05, 3.63) is 107 Å². The molecule has 5 rings (SSSR count). The van der Waals surface area contributed by atoms with Gasteiger partial charge >= 0.3 is 0 Å². The SMILES string of the molecule is C[C@@H]1CN(C(=O)c2ccccc2Oc2ccc(Cl)cc2)[C@@H](CCCNC(=N)N)CN1C(=O)Cc1ccc2ccccc2c1. The number of rotatable bonds is 9. The summed E-state index contributed by atoms with van der Waals surface area (Å²) in [5.74, 6) is 0.824. The molecule has 43 heavy (non-hydrogen) atoms. The molecule has 1 aliphatic rings. The summed E-state index contributed by atoms with van der Waals surface area (Å²) >= 11 is 6.03. The van der Waals surface area contributed by atoms with Crippen LogP contribution in [0.2, 0.25) is 5.02 Å². The van der Waals surface area contributed by atoms with Gasteiger partial charge in [-0.05, 0) is 72.5 Å². The van der Waals surface area contributed by atoms with Crippen LogP contribution in [-0.2, 0) is 11.2 Å². The van der Waals surface area contributed by atoms with Gasteiger partial charge in [-0.3, -0.25) is 15.0 Å². The van der Waals surface area contributed by atoms with E-state index in [1.165, 1.54) is 0 Å². The van der Waals surface area contributed by atoms with Crippen LogP contribution in [0.1, 0.15) is 35.7 Å². The van der Waals surface area contributed by atoms with Gasteiger partial charge in [0.05, 0.1) is 12.0 Å². The van der Waals surface area contributed by atoms with Crippen LogP contribution < -0.4 is 15.8 Å². The lowest BCUT2D eigenvalue weighted by molar-refractivity contribution is -0.136. The van der Waals surface area contributed by atoms with Gasteiger partial charge in [0.25, 0.3) is 5.91 Å². The van der Waals surface area contributed by atoms with Gasteiger partial charge in [-0.1, -0.05) is 66.2 Å². The standard InChI is InChI=1S/C34H36ClN5O3/c1-23-21-40(33(42)30-10-4-5-11-31(30)43-29-16-14-27(35)15-17-29)28(9-6-18-38-34(36)37)22-39(23)32(41)20-24-12-13-25-7-2-3-8-26(25)19-24/h2-5,7-8,10-17,19,23,28H,6,9,18,20-22H2,1H3,(H4,36,37,38)/t23-,28+/m1/s1. The molecule has 0 spiro atoms. The van der Waals surface area contributed by atoms with Crippen molar-refractivity contribution in [2.24, 2.45) is 5.73 Å². The molecule has 2 amide bonds. The van der Waals surface area contributed by atoms with E-state index in [2.05, 4.69) is 23.5 Å². The average molecular weight is 598 g/mol. The second-order valence-electron chi connectivity index (χ2n) is 10.9. The highest BCUT2D eigenvalue weighted by Gasteiger charge is 2.37. The first kappa shape index (κ1) is 29.9. The highest BCUT2D eigenvalue weighted by atomic mass is 35.5. The van der Waals surface area contributed by atoms with Crippen molar-refractivity contribution in [1.82, 2.24) is 15.1 Å². The summed E-state index contributed by atoms with van der Waals surface area (Å²) in [6.45, 7) is 3.30. The van der Waals surface area contributed by atoms with Crippen molar-refractivity contribution in [2.75, 3.05) is 19.6 Å². The number of ether oxygens (including phenoxy) is 1. The number of halogens is 1. The zero-order valence-corrected chi connectivity index (χ0v) is 24.9. The maximum atomic E-state index is 14.1. The fourth-order valence-electron chi connectivity index (χ4n) is 5.58. The Morgan fingerprint density at radius 3 is 2.44 bits per heavy atom. The first-order chi connectivity index (χ1) is 20.8. The molecule has 4 N–H and O–H groups in total. The number of para-hydroxylation sites is 1. The molecule has 8 nitrogen and oxygen atoms in total. The van der Waals surface area contributed by atoms with Crippen molar-refractivity contribution in [3.8, 4) is 11.5 Å². The lowest BCUT2D eigenvalue weighted by Gasteiger charge is -2.45. The van der Waals surface area contributed by atoms with Crippen LogP contribution in [-0.4, -0.2) is 59.3 Å². The second-order valence-corrected chi connectivity index (χ2v) is 11.3. The third-order valence-corrected chi connectivity index (χ3v) is 8.03. The predicted molar refractivity (Wildman–Crippen MR) is 171 cm³/mol. The number of carbonyl (C=O) groups excluding carboxylic acids is 2. The van der Waals surface area contributed by atoms with Gasteiger partial charge < -0.3 is 25.6 Å². The average Bonchev–Trinajstić information content (AvgIpc) is 3.00. The van der Waals surface area contributed by atoms with Gasteiger partial charge in [-0.25, -0.2) is 0 Å².